The lowest BCUT2D eigenvalue weighted by Crippen LogP contribution is -2.52. The Bertz CT molecular complexity index is 632. The number of carbonyl (C=O) groups is 3. The summed E-state index contributed by atoms with van der Waals surface area (Å²) in [6, 6.07) is 0. The molecule has 0 unspecified atom stereocenters. The number of esters is 1. The molecule has 1 aliphatic carbocycles. The number of carbonyl (C=O) groups excluding carboxylic acids is 3. The van der Waals surface area contributed by atoms with Crippen LogP contribution in [0.2, 0.25) is 0 Å². The molecule has 0 aromatic heterocycles. The minimum atomic E-state index is -1.85. The number of epoxide rings is 1. The molecule has 0 bridgehead atoms. The van der Waals surface area contributed by atoms with Gasteiger partial charge in [0.25, 0.3) is 0 Å². The SMILES string of the molecule is C/C1=C\C(=O)[C@@H](C(C)C)C[C@@H](OC(=O)[C@@]2(C)O[C@@H]2C)[C@](C)(O)C(=O)CC1. The first-order valence-corrected chi connectivity index (χ1v) is 9.25. The van der Waals surface area contributed by atoms with Crippen LogP contribution in [-0.4, -0.2) is 46.1 Å². The van der Waals surface area contributed by atoms with Gasteiger partial charge in [-0.05, 0) is 52.5 Å². The second kappa shape index (κ2) is 7.24. The van der Waals surface area contributed by atoms with Crippen LogP contribution in [0.3, 0.4) is 0 Å². The maximum absolute atomic E-state index is 12.7. The fourth-order valence-electron chi connectivity index (χ4n) is 3.30. The van der Waals surface area contributed by atoms with Gasteiger partial charge in [-0.25, -0.2) is 4.79 Å². The van der Waals surface area contributed by atoms with Gasteiger partial charge in [-0.2, -0.15) is 0 Å². The van der Waals surface area contributed by atoms with E-state index in [4.69, 9.17) is 9.47 Å². The lowest BCUT2D eigenvalue weighted by Gasteiger charge is -2.35. The number of ketones is 2. The largest absolute Gasteiger partial charge is 0.457 e. The molecular formula is C20H30O6. The molecule has 146 valence electrons. The maximum Gasteiger partial charge on any atom is 0.341 e. The van der Waals surface area contributed by atoms with E-state index in [9.17, 15) is 19.5 Å². The van der Waals surface area contributed by atoms with E-state index in [2.05, 4.69) is 0 Å². The van der Waals surface area contributed by atoms with Gasteiger partial charge in [0.2, 0.25) is 0 Å². The molecule has 1 N–H and O–H groups in total. The fraction of sp³-hybridized carbons (Fsp3) is 0.750. The van der Waals surface area contributed by atoms with Crippen molar-refractivity contribution >= 4 is 17.5 Å². The molecule has 0 aromatic carbocycles. The summed E-state index contributed by atoms with van der Waals surface area (Å²) in [7, 11) is 0. The maximum atomic E-state index is 12.7. The first kappa shape index (κ1) is 20.8. The number of rotatable bonds is 3. The van der Waals surface area contributed by atoms with Crippen molar-refractivity contribution in [2.45, 2.75) is 84.2 Å². The summed E-state index contributed by atoms with van der Waals surface area (Å²) in [5, 5.41) is 10.9. The van der Waals surface area contributed by atoms with Crippen LogP contribution in [0.15, 0.2) is 11.6 Å². The molecule has 26 heavy (non-hydrogen) atoms. The summed E-state index contributed by atoms with van der Waals surface area (Å²) in [5.41, 5.74) is -2.09. The van der Waals surface area contributed by atoms with E-state index in [1.54, 1.807) is 19.9 Å². The van der Waals surface area contributed by atoms with Crippen LogP contribution in [0, 0.1) is 11.8 Å². The van der Waals surface area contributed by atoms with Gasteiger partial charge in [0.05, 0.1) is 6.10 Å². The molecule has 2 aliphatic rings. The highest BCUT2D eigenvalue weighted by atomic mass is 16.7. The molecule has 0 aromatic rings. The highest BCUT2D eigenvalue weighted by Gasteiger charge is 2.58. The van der Waals surface area contributed by atoms with Gasteiger partial charge in [-0.3, -0.25) is 9.59 Å². The Morgan fingerprint density at radius 3 is 2.38 bits per heavy atom. The molecule has 5 atom stereocenters. The van der Waals surface area contributed by atoms with E-state index in [1.165, 1.54) is 6.92 Å². The summed E-state index contributed by atoms with van der Waals surface area (Å²) >= 11 is 0. The number of hydrogen-bond acceptors (Lipinski definition) is 6. The van der Waals surface area contributed by atoms with E-state index in [1.807, 2.05) is 20.8 Å². The van der Waals surface area contributed by atoms with E-state index in [-0.39, 0.29) is 30.6 Å². The minimum Gasteiger partial charge on any atom is -0.457 e. The molecule has 1 fully saturated rings. The van der Waals surface area contributed by atoms with Crippen molar-refractivity contribution in [2.24, 2.45) is 11.8 Å². The topological polar surface area (TPSA) is 93.2 Å². The lowest BCUT2D eigenvalue weighted by molar-refractivity contribution is -0.176. The summed E-state index contributed by atoms with van der Waals surface area (Å²) in [5.74, 6) is -1.54. The molecule has 1 saturated heterocycles. The van der Waals surface area contributed by atoms with Crippen molar-refractivity contribution < 1.29 is 29.0 Å². The van der Waals surface area contributed by atoms with Crippen molar-refractivity contribution in [1.82, 2.24) is 0 Å². The molecular weight excluding hydrogens is 336 g/mol. The van der Waals surface area contributed by atoms with Crippen molar-refractivity contribution in [3.05, 3.63) is 11.6 Å². The fourth-order valence-corrected chi connectivity index (χ4v) is 3.30. The molecule has 0 amide bonds. The molecule has 6 nitrogen and oxygen atoms in total. The average molecular weight is 366 g/mol. The predicted octanol–water partition coefficient (Wildman–Crippen LogP) is 2.37. The van der Waals surface area contributed by atoms with Crippen molar-refractivity contribution in [1.29, 1.82) is 0 Å². The van der Waals surface area contributed by atoms with Crippen molar-refractivity contribution in [3.63, 3.8) is 0 Å². The number of ether oxygens (including phenoxy) is 2. The smallest absolute Gasteiger partial charge is 0.341 e. The first-order chi connectivity index (χ1) is 11.9. The van der Waals surface area contributed by atoms with Gasteiger partial charge in [0.1, 0.15) is 6.10 Å². The second-order valence-electron chi connectivity index (χ2n) is 8.31. The van der Waals surface area contributed by atoms with Crippen LogP contribution in [0.1, 0.15) is 60.8 Å². The van der Waals surface area contributed by atoms with Crippen LogP contribution >= 0.6 is 0 Å². The molecule has 0 radical (unpaired) electrons. The van der Waals surface area contributed by atoms with E-state index in [0.29, 0.717) is 6.42 Å². The summed E-state index contributed by atoms with van der Waals surface area (Å²) in [4.78, 5) is 37.8. The molecule has 1 aliphatic heterocycles. The quantitative estimate of drug-likeness (QED) is 0.609. The van der Waals surface area contributed by atoms with Crippen molar-refractivity contribution in [3.8, 4) is 0 Å². The standard InChI is InChI=1S/C20H30O6/c1-11(2)14-10-17(25-18(23)20(6)13(4)26-20)19(5,24)16(22)8-7-12(3)9-15(14)21/h9,11,13-14,17,24H,7-8,10H2,1-6H3/b12-9+/t13-,14-,17-,19-,20+/m1/s1. The van der Waals surface area contributed by atoms with Gasteiger partial charge < -0.3 is 14.6 Å². The Morgan fingerprint density at radius 1 is 1.31 bits per heavy atom. The van der Waals surface area contributed by atoms with E-state index in [0.717, 1.165) is 5.57 Å². The third kappa shape index (κ3) is 4.07. The number of allylic oxidation sites excluding steroid dienone is 2. The zero-order valence-corrected chi connectivity index (χ0v) is 16.5. The van der Waals surface area contributed by atoms with Gasteiger partial charge in [0.15, 0.2) is 22.8 Å². The Hall–Kier alpha value is -1.53. The normalized spacial score (nSPS) is 40.8. The first-order valence-electron chi connectivity index (χ1n) is 9.25. The van der Waals surface area contributed by atoms with E-state index >= 15 is 0 Å². The molecule has 2 rings (SSSR count). The number of aliphatic hydroxyl groups is 1. The molecule has 0 spiro atoms. The highest BCUT2D eigenvalue weighted by molar-refractivity contribution is 5.94. The zero-order chi connectivity index (χ0) is 19.9. The Balaban J connectivity index is 2.35. The van der Waals surface area contributed by atoms with Gasteiger partial charge in [-0.1, -0.05) is 19.4 Å². The van der Waals surface area contributed by atoms with Crippen LogP contribution in [0.5, 0.6) is 0 Å². The summed E-state index contributed by atoms with van der Waals surface area (Å²) in [6.45, 7) is 10.4. The third-order valence-corrected chi connectivity index (χ3v) is 5.76. The zero-order valence-electron chi connectivity index (χ0n) is 16.5. The predicted molar refractivity (Wildman–Crippen MR) is 95.4 cm³/mol. The molecule has 0 saturated carbocycles. The van der Waals surface area contributed by atoms with Gasteiger partial charge in [-0.15, -0.1) is 0 Å². The Morgan fingerprint density at radius 2 is 1.88 bits per heavy atom. The van der Waals surface area contributed by atoms with Gasteiger partial charge in [0, 0.05) is 12.3 Å². The van der Waals surface area contributed by atoms with Crippen LogP contribution in [-0.2, 0) is 23.9 Å². The summed E-state index contributed by atoms with van der Waals surface area (Å²) < 4.78 is 10.8. The Kier molecular flexibility index (Phi) is 5.78. The lowest BCUT2D eigenvalue weighted by atomic mass is 9.78. The van der Waals surface area contributed by atoms with Crippen LogP contribution in [0.25, 0.3) is 0 Å². The summed E-state index contributed by atoms with van der Waals surface area (Å²) in [6.07, 6.45) is 0.777. The highest BCUT2D eigenvalue weighted by Crippen LogP contribution is 2.39. The molecule has 6 heteroatoms. The monoisotopic (exact) mass is 366 g/mol. The van der Waals surface area contributed by atoms with Gasteiger partial charge >= 0.3 is 5.97 Å². The Labute approximate surface area is 154 Å². The second-order valence-corrected chi connectivity index (χ2v) is 8.31. The van der Waals surface area contributed by atoms with Crippen LogP contribution in [0.4, 0.5) is 0 Å². The average Bonchev–Trinajstić information content (AvgIpc) is 3.15. The number of Topliss-reactive ketones (excluding diaryl/α,β-unsaturated/α-hetero) is 1. The third-order valence-electron chi connectivity index (χ3n) is 5.76. The van der Waals surface area contributed by atoms with Crippen LogP contribution < -0.4 is 0 Å². The number of hydrogen-bond donors (Lipinski definition) is 1. The molecule has 1 heterocycles. The van der Waals surface area contributed by atoms with Crippen molar-refractivity contribution in [2.75, 3.05) is 0 Å². The minimum absolute atomic E-state index is 0.0234. The van der Waals surface area contributed by atoms with E-state index < -0.39 is 35.0 Å².